The highest BCUT2D eigenvalue weighted by Gasteiger charge is 2.12. The van der Waals surface area contributed by atoms with E-state index in [1.165, 1.54) is 0 Å². The first kappa shape index (κ1) is 16.6. The van der Waals surface area contributed by atoms with Crippen LogP contribution in [0.15, 0.2) is 51.6 Å². The zero-order chi connectivity index (χ0) is 16.9. The van der Waals surface area contributed by atoms with Crippen molar-refractivity contribution in [2.75, 3.05) is 0 Å². The maximum atomic E-state index is 11.8. The van der Waals surface area contributed by atoms with Gasteiger partial charge >= 0.3 is 0 Å². The number of benzene rings is 1. The molecule has 1 N–H and O–H groups in total. The Labute approximate surface area is 148 Å². The van der Waals surface area contributed by atoms with Gasteiger partial charge in [-0.2, -0.15) is 0 Å². The smallest absolute Gasteiger partial charge is 0.220 e. The van der Waals surface area contributed by atoms with Crippen LogP contribution in [0.3, 0.4) is 0 Å². The number of carbonyl (C=O) groups is 1. The lowest BCUT2D eigenvalue weighted by Crippen LogP contribution is -2.22. The number of oxazole rings is 1. The summed E-state index contributed by atoms with van der Waals surface area (Å²) in [6, 6.07) is 8.72. The first-order chi connectivity index (χ1) is 11.6. The fourth-order valence-electron chi connectivity index (χ4n) is 2.15. The Kier molecular flexibility index (Phi) is 5.23. The van der Waals surface area contributed by atoms with E-state index in [-0.39, 0.29) is 12.3 Å². The summed E-state index contributed by atoms with van der Waals surface area (Å²) in [4.78, 5) is 16.0. The van der Waals surface area contributed by atoms with Crippen molar-refractivity contribution in [1.29, 1.82) is 0 Å². The number of nitrogens with one attached hydrogen (secondary N) is 1. The SMILES string of the molecule is O=C(CCc1ncc(-c2ccc(Cl)cc2Cl)o1)NCc1ccco1. The van der Waals surface area contributed by atoms with Gasteiger partial charge in [0.25, 0.3) is 0 Å². The fraction of sp³-hybridized carbons (Fsp3) is 0.176. The molecule has 0 aliphatic heterocycles. The van der Waals surface area contributed by atoms with Gasteiger partial charge in [0.2, 0.25) is 5.91 Å². The van der Waals surface area contributed by atoms with Crippen LogP contribution in [0.25, 0.3) is 11.3 Å². The van der Waals surface area contributed by atoms with Gasteiger partial charge in [-0.15, -0.1) is 0 Å². The molecule has 7 heteroatoms. The number of furan rings is 1. The third kappa shape index (κ3) is 4.19. The van der Waals surface area contributed by atoms with Crippen LogP contribution in [0.1, 0.15) is 18.1 Å². The number of carbonyl (C=O) groups excluding carboxylic acids is 1. The normalized spacial score (nSPS) is 10.8. The molecular weight excluding hydrogens is 351 g/mol. The molecule has 0 radical (unpaired) electrons. The Hall–Kier alpha value is -2.24. The summed E-state index contributed by atoms with van der Waals surface area (Å²) < 4.78 is 10.8. The molecule has 0 saturated heterocycles. The van der Waals surface area contributed by atoms with Gasteiger partial charge in [0.1, 0.15) is 5.76 Å². The van der Waals surface area contributed by atoms with Crippen molar-refractivity contribution in [3.8, 4) is 11.3 Å². The van der Waals surface area contributed by atoms with Crippen molar-refractivity contribution in [2.24, 2.45) is 0 Å². The van der Waals surface area contributed by atoms with Crippen LogP contribution in [-0.2, 0) is 17.8 Å². The summed E-state index contributed by atoms with van der Waals surface area (Å²) in [5.74, 6) is 1.63. The summed E-state index contributed by atoms with van der Waals surface area (Å²) in [6.45, 7) is 0.364. The van der Waals surface area contributed by atoms with Gasteiger partial charge in [-0.3, -0.25) is 4.79 Å². The quantitative estimate of drug-likeness (QED) is 0.699. The Morgan fingerprint density at radius 2 is 2.12 bits per heavy atom. The lowest BCUT2D eigenvalue weighted by Gasteiger charge is -2.02. The molecule has 5 nitrogen and oxygen atoms in total. The highest BCUT2D eigenvalue weighted by atomic mass is 35.5. The molecule has 1 aromatic carbocycles. The van der Waals surface area contributed by atoms with E-state index in [2.05, 4.69) is 10.3 Å². The molecule has 0 aliphatic rings. The molecule has 0 saturated carbocycles. The van der Waals surface area contributed by atoms with E-state index in [9.17, 15) is 4.79 Å². The van der Waals surface area contributed by atoms with Crippen LogP contribution < -0.4 is 5.32 Å². The highest BCUT2D eigenvalue weighted by molar-refractivity contribution is 6.36. The van der Waals surface area contributed by atoms with Crippen LogP contribution in [0.4, 0.5) is 0 Å². The van der Waals surface area contributed by atoms with Crippen LogP contribution in [0, 0.1) is 0 Å². The largest absolute Gasteiger partial charge is 0.467 e. The molecule has 3 rings (SSSR count). The van der Waals surface area contributed by atoms with Crippen LogP contribution in [0.5, 0.6) is 0 Å². The predicted octanol–water partition coefficient (Wildman–Crippen LogP) is 4.49. The lowest BCUT2D eigenvalue weighted by atomic mass is 10.2. The number of amides is 1. The van der Waals surface area contributed by atoms with Gasteiger partial charge in [-0.25, -0.2) is 4.98 Å². The molecule has 3 aromatic rings. The van der Waals surface area contributed by atoms with E-state index < -0.39 is 0 Å². The number of aryl methyl sites for hydroxylation is 1. The zero-order valence-corrected chi connectivity index (χ0v) is 14.1. The molecule has 0 atom stereocenters. The number of halogens is 2. The topological polar surface area (TPSA) is 68.3 Å². The Bertz CT molecular complexity index is 828. The summed E-state index contributed by atoms with van der Waals surface area (Å²) in [5, 5.41) is 3.81. The second-order valence-electron chi connectivity index (χ2n) is 5.10. The van der Waals surface area contributed by atoms with Crippen LogP contribution in [-0.4, -0.2) is 10.9 Å². The molecule has 24 heavy (non-hydrogen) atoms. The van der Waals surface area contributed by atoms with Gasteiger partial charge in [-0.1, -0.05) is 23.2 Å². The summed E-state index contributed by atoms with van der Waals surface area (Å²) in [7, 11) is 0. The van der Waals surface area contributed by atoms with Crippen LogP contribution >= 0.6 is 23.2 Å². The number of hydrogen-bond donors (Lipinski definition) is 1. The third-order valence-corrected chi connectivity index (χ3v) is 3.90. The van der Waals surface area contributed by atoms with Crippen molar-refractivity contribution in [3.63, 3.8) is 0 Å². The average molecular weight is 365 g/mol. The Morgan fingerprint density at radius 1 is 1.25 bits per heavy atom. The predicted molar refractivity (Wildman–Crippen MR) is 90.8 cm³/mol. The Balaban J connectivity index is 1.55. The van der Waals surface area contributed by atoms with Crippen molar-refractivity contribution in [3.05, 3.63) is 64.5 Å². The van der Waals surface area contributed by atoms with E-state index in [0.29, 0.717) is 46.0 Å². The second-order valence-corrected chi connectivity index (χ2v) is 5.94. The lowest BCUT2D eigenvalue weighted by molar-refractivity contribution is -0.121. The number of hydrogen-bond acceptors (Lipinski definition) is 4. The molecule has 0 aliphatic carbocycles. The minimum absolute atomic E-state index is 0.101. The molecule has 1 amide bonds. The highest BCUT2D eigenvalue weighted by Crippen LogP contribution is 2.30. The molecular formula is C17H14Cl2N2O3. The van der Waals surface area contributed by atoms with Gasteiger partial charge in [0.15, 0.2) is 11.7 Å². The minimum Gasteiger partial charge on any atom is -0.467 e. The maximum Gasteiger partial charge on any atom is 0.220 e. The minimum atomic E-state index is -0.101. The fourth-order valence-corrected chi connectivity index (χ4v) is 2.65. The van der Waals surface area contributed by atoms with E-state index in [0.717, 1.165) is 0 Å². The summed E-state index contributed by atoms with van der Waals surface area (Å²) in [5.41, 5.74) is 0.710. The van der Waals surface area contributed by atoms with Gasteiger partial charge < -0.3 is 14.2 Å². The first-order valence-corrected chi connectivity index (χ1v) is 8.06. The van der Waals surface area contributed by atoms with Crippen molar-refractivity contribution >= 4 is 29.1 Å². The van der Waals surface area contributed by atoms with Gasteiger partial charge in [0.05, 0.1) is 24.0 Å². The van der Waals surface area contributed by atoms with E-state index >= 15 is 0 Å². The molecule has 0 unspecified atom stereocenters. The third-order valence-electron chi connectivity index (χ3n) is 3.36. The average Bonchev–Trinajstić information content (AvgIpc) is 3.22. The molecule has 0 spiro atoms. The molecule has 2 heterocycles. The Morgan fingerprint density at radius 3 is 2.88 bits per heavy atom. The first-order valence-electron chi connectivity index (χ1n) is 7.31. The maximum absolute atomic E-state index is 11.8. The number of nitrogens with zero attached hydrogens (tertiary/aromatic N) is 1. The molecule has 0 bridgehead atoms. The standard InChI is InChI=1S/C17H14Cl2N2O3/c18-11-3-4-13(14(19)8-11)15-10-21-17(24-15)6-5-16(22)20-9-12-2-1-7-23-12/h1-4,7-8,10H,5-6,9H2,(H,20,22). The van der Waals surface area contributed by atoms with Crippen molar-refractivity contribution in [1.82, 2.24) is 10.3 Å². The van der Waals surface area contributed by atoms with Crippen LogP contribution in [0.2, 0.25) is 10.0 Å². The molecule has 2 aromatic heterocycles. The van der Waals surface area contributed by atoms with Crippen molar-refractivity contribution < 1.29 is 13.6 Å². The zero-order valence-electron chi connectivity index (χ0n) is 12.6. The summed E-state index contributed by atoms with van der Waals surface area (Å²) in [6.07, 6.45) is 3.83. The number of rotatable bonds is 6. The van der Waals surface area contributed by atoms with Gasteiger partial charge in [-0.05, 0) is 30.3 Å². The van der Waals surface area contributed by atoms with E-state index in [1.54, 1.807) is 42.8 Å². The monoisotopic (exact) mass is 364 g/mol. The van der Waals surface area contributed by atoms with Crippen molar-refractivity contribution in [2.45, 2.75) is 19.4 Å². The van der Waals surface area contributed by atoms with E-state index in [1.807, 2.05) is 0 Å². The van der Waals surface area contributed by atoms with Gasteiger partial charge in [0, 0.05) is 23.4 Å². The molecule has 0 fully saturated rings. The molecule has 124 valence electrons. The van der Waals surface area contributed by atoms with E-state index in [4.69, 9.17) is 32.0 Å². The second kappa shape index (κ2) is 7.55. The summed E-state index contributed by atoms with van der Waals surface area (Å²) >= 11 is 12.0. The number of aromatic nitrogens is 1.